The number of hydrogen-bond acceptors (Lipinski definition) is 4. The molecule has 130 valence electrons. The Balaban J connectivity index is 2.06. The monoisotopic (exact) mass is 461 g/mol. The van der Waals surface area contributed by atoms with Gasteiger partial charge in [0, 0.05) is 6.54 Å². The first-order valence-corrected chi connectivity index (χ1v) is 9.97. The number of methoxy groups -OCH3 is 1. The minimum Gasteiger partial charge on any atom is -0.496 e. The molecule has 0 aliphatic carbocycles. The van der Waals surface area contributed by atoms with Crippen molar-refractivity contribution in [3.63, 3.8) is 0 Å². The molecule has 0 atom stereocenters. The first-order valence-electron chi connectivity index (χ1n) is 7.40. The summed E-state index contributed by atoms with van der Waals surface area (Å²) in [6.45, 7) is 4.13. The predicted molar refractivity (Wildman–Crippen MR) is 102 cm³/mol. The van der Waals surface area contributed by atoms with Gasteiger partial charge in [-0.2, -0.15) is 0 Å². The second-order valence-electron chi connectivity index (χ2n) is 5.43. The average molecular weight is 461 g/mol. The second-order valence-corrected chi connectivity index (χ2v) is 8.36. The molecule has 0 amide bonds. The van der Waals surface area contributed by atoms with Crippen molar-refractivity contribution in [2.45, 2.75) is 31.4 Å². The number of nitrogens with one attached hydrogen (secondary N) is 1. The Bertz CT molecular complexity index is 789. The topological polar surface area (TPSA) is 64.6 Å². The fourth-order valence-electron chi connectivity index (χ4n) is 2.03. The number of ether oxygens (including phenoxy) is 2. The SMILES string of the molecule is COc1ccc(S(=O)(=O)NCc2ccc(OC(C)C)cc2)cc1I. The van der Waals surface area contributed by atoms with Crippen molar-refractivity contribution in [2.75, 3.05) is 7.11 Å². The summed E-state index contributed by atoms with van der Waals surface area (Å²) in [5.41, 5.74) is 0.859. The summed E-state index contributed by atoms with van der Waals surface area (Å²) in [6.07, 6.45) is 0.104. The summed E-state index contributed by atoms with van der Waals surface area (Å²) < 4.78 is 38.8. The maximum Gasteiger partial charge on any atom is 0.240 e. The smallest absolute Gasteiger partial charge is 0.240 e. The number of hydrogen-bond donors (Lipinski definition) is 1. The van der Waals surface area contributed by atoms with E-state index in [0.29, 0.717) is 5.75 Å². The third-order valence-corrected chi connectivity index (χ3v) is 5.44. The molecule has 1 N–H and O–H groups in total. The molecule has 5 nitrogen and oxygen atoms in total. The normalized spacial score (nSPS) is 11.5. The van der Waals surface area contributed by atoms with Crippen LogP contribution in [0.15, 0.2) is 47.4 Å². The number of benzene rings is 2. The summed E-state index contributed by atoms with van der Waals surface area (Å²) >= 11 is 2.05. The van der Waals surface area contributed by atoms with Crippen molar-refractivity contribution < 1.29 is 17.9 Å². The molecule has 0 saturated heterocycles. The van der Waals surface area contributed by atoms with E-state index < -0.39 is 10.0 Å². The van der Waals surface area contributed by atoms with E-state index in [4.69, 9.17) is 9.47 Å². The summed E-state index contributed by atoms with van der Waals surface area (Å²) in [5, 5.41) is 0. The van der Waals surface area contributed by atoms with Crippen molar-refractivity contribution in [2.24, 2.45) is 0 Å². The summed E-state index contributed by atoms with van der Waals surface area (Å²) in [4.78, 5) is 0.215. The van der Waals surface area contributed by atoms with Crippen LogP contribution in [0.25, 0.3) is 0 Å². The third-order valence-electron chi connectivity index (χ3n) is 3.20. The van der Waals surface area contributed by atoms with E-state index in [2.05, 4.69) is 4.72 Å². The Morgan fingerprint density at radius 3 is 2.33 bits per heavy atom. The first-order chi connectivity index (χ1) is 11.3. The predicted octanol–water partition coefficient (Wildman–Crippen LogP) is 3.57. The quantitative estimate of drug-likeness (QED) is 0.641. The van der Waals surface area contributed by atoms with Crippen LogP contribution in [0.3, 0.4) is 0 Å². The Hall–Kier alpha value is -1.32. The van der Waals surface area contributed by atoms with Crippen molar-refractivity contribution in [1.82, 2.24) is 4.72 Å². The Morgan fingerprint density at radius 2 is 1.79 bits per heavy atom. The largest absolute Gasteiger partial charge is 0.496 e. The molecular formula is C17H20INO4S. The fraction of sp³-hybridized carbons (Fsp3) is 0.294. The summed E-state index contributed by atoms with van der Waals surface area (Å²) in [6, 6.07) is 12.1. The van der Waals surface area contributed by atoms with Crippen LogP contribution in [-0.2, 0) is 16.6 Å². The van der Waals surface area contributed by atoms with Gasteiger partial charge >= 0.3 is 0 Å². The number of rotatable bonds is 7. The Morgan fingerprint density at radius 1 is 1.12 bits per heavy atom. The van der Waals surface area contributed by atoms with Gasteiger partial charge in [0.05, 0.1) is 21.7 Å². The standard InChI is InChI=1S/C17H20INO4S/c1-12(2)23-14-6-4-13(5-7-14)11-19-24(20,21)15-8-9-17(22-3)16(18)10-15/h4-10,12,19H,11H2,1-3H3. The van der Waals surface area contributed by atoms with Crippen LogP contribution in [-0.4, -0.2) is 21.6 Å². The van der Waals surface area contributed by atoms with Gasteiger partial charge < -0.3 is 9.47 Å². The lowest BCUT2D eigenvalue weighted by Gasteiger charge is -2.11. The van der Waals surface area contributed by atoms with Crippen LogP contribution >= 0.6 is 22.6 Å². The van der Waals surface area contributed by atoms with Crippen LogP contribution in [0, 0.1) is 3.57 Å². The van der Waals surface area contributed by atoms with Crippen molar-refractivity contribution >= 4 is 32.6 Å². The van der Waals surface area contributed by atoms with Gasteiger partial charge in [-0.3, -0.25) is 0 Å². The molecule has 0 radical (unpaired) electrons. The fourth-order valence-corrected chi connectivity index (χ4v) is 4.02. The van der Waals surface area contributed by atoms with Crippen LogP contribution < -0.4 is 14.2 Å². The maximum absolute atomic E-state index is 12.4. The molecule has 0 spiro atoms. The molecule has 0 heterocycles. The van der Waals surface area contributed by atoms with Gasteiger partial charge in [-0.1, -0.05) is 12.1 Å². The van der Waals surface area contributed by atoms with E-state index in [1.807, 2.05) is 60.7 Å². The zero-order chi connectivity index (χ0) is 17.7. The summed E-state index contributed by atoms with van der Waals surface area (Å²) in [7, 11) is -2.02. The van der Waals surface area contributed by atoms with E-state index in [0.717, 1.165) is 14.9 Å². The second kappa shape index (κ2) is 8.17. The van der Waals surface area contributed by atoms with Crippen molar-refractivity contribution in [3.8, 4) is 11.5 Å². The lowest BCUT2D eigenvalue weighted by molar-refractivity contribution is 0.242. The molecule has 0 aliphatic heterocycles. The first kappa shape index (κ1) is 19.0. The average Bonchev–Trinajstić information content (AvgIpc) is 2.53. The molecule has 7 heteroatoms. The molecule has 24 heavy (non-hydrogen) atoms. The van der Waals surface area contributed by atoms with E-state index >= 15 is 0 Å². The van der Waals surface area contributed by atoms with Crippen molar-refractivity contribution in [1.29, 1.82) is 0 Å². The highest BCUT2D eigenvalue weighted by molar-refractivity contribution is 14.1. The Labute approximate surface area is 156 Å². The zero-order valence-corrected chi connectivity index (χ0v) is 16.7. The summed E-state index contributed by atoms with van der Waals surface area (Å²) in [5.74, 6) is 1.41. The maximum atomic E-state index is 12.4. The molecule has 0 saturated carbocycles. The van der Waals surface area contributed by atoms with E-state index in [1.54, 1.807) is 19.2 Å². The minimum absolute atomic E-state index is 0.104. The van der Waals surface area contributed by atoms with Gasteiger partial charge in [-0.25, -0.2) is 13.1 Å². The minimum atomic E-state index is -3.58. The molecule has 0 fully saturated rings. The molecule has 0 aliphatic rings. The van der Waals surface area contributed by atoms with Gasteiger partial charge in [-0.05, 0) is 72.3 Å². The third kappa shape index (κ3) is 5.09. The van der Waals surface area contributed by atoms with Crippen LogP contribution in [0.1, 0.15) is 19.4 Å². The van der Waals surface area contributed by atoms with E-state index in [1.165, 1.54) is 6.07 Å². The number of sulfonamides is 1. The lowest BCUT2D eigenvalue weighted by Crippen LogP contribution is -2.23. The zero-order valence-electron chi connectivity index (χ0n) is 13.7. The van der Waals surface area contributed by atoms with Crippen LogP contribution in [0.5, 0.6) is 11.5 Å². The molecule has 0 bridgehead atoms. The molecule has 0 unspecified atom stereocenters. The van der Waals surface area contributed by atoms with Crippen molar-refractivity contribution in [3.05, 3.63) is 51.6 Å². The number of halogens is 1. The molecular weight excluding hydrogens is 441 g/mol. The molecule has 2 aromatic rings. The highest BCUT2D eigenvalue weighted by atomic mass is 127. The lowest BCUT2D eigenvalue weighted by atomic mass is 10.2. The van der Waals surface area contributed by atoms with Gasteiger partial charge in [0.1, 0.15) is 11.5 Å². The van der Waals surface area contributed by atoms with Gasteiger partial charge in [0.25, 0.3) is 0 Å². The highest BCUT2D eigenvalue weighted by Gasteiger charge is 2.15. The van der Waals surface area contributed by atoms with Gasteiger partial charge in [0.15, 0.2) is 0 Å². The Kier molecular flexibility index (Phi) is 6.47. The van der Waals surface area contributed by atoms with E-state index in [-0.39, 0.29) is 17.5 Å². The van der Waals surface area contributed by atoms with Gasteiger partial charge in [0.2, 0.25) is 10.0 Å². The van der Waals surface area contributed by atoms with Crippen LogP contribution in [0.2, 0.25) is 0 Å². The van der Waals surface area contributed by atoms with Crippen LogP contribution in [0.4, 0.5) is 0 Å². The molecule has 2 rings (SSSR count). The van der Waals surface area contributed by atoms with E-state index in [9.17, 15) is 8.42 Å². The molecule has 2 aromatic carbocycles. The van der Waals surface area contributed by atoms with Gasteiger partial charge in [-0.15, -0.1) is 0 Å². The molecule has 0 aromatic heterocycles. The highest BCUT2D eigenvalue weighted by Crippen LogP contribution is 2.24.